The summed E-state index contributed by atoms with van der Waals surface area (Å²) in [6.07, 6.45) is -1.11. The molecule has 0 spiro atoms. The average Bonchev–Trinajstić information content (AvgIpc) is 3.03. The summed E-state index contributed by atoms with van der Waals surface area (Å²) in [7, 11) is 0. The maximum atomic E-state index is 13.0. The quantitative estimate of drug-likeness (QED) is 0.269. The summed E-state index contributed by atoms with van der Waals surface area (Å²) in [5, 5.41) is 0.791. The summed E-state index contributed by atoms with van der Waals surface area (Å²) in [4.78, 5) is 25.3. The van der Waals surface area contributed by atoms with Gasteiger partial charge in [0.2, 0.25) is 5.78 Å². The number of hydrogen-bond acceptors (Lipinski definition) is 4. The molecule has 0 fully saturated rings. The molecule has 0 radical (unpaired) electrons. The summed E-state index contributed by atoms with van der Waals surface area (Å²) >= 11 is 12.0. The van der Waals surface area contributed by atoms with Crippen LogP contribution in [0.3, 0.4) is 0 Å². The van der Waals surface area contributed by atoms with E-state index < -0.39 is 18.7 Å². The smallest absolute Gasteiger partial charge is 0.387 e. The van der Waals surface area contributed by atoms with E-state index in [1.54, 1.807) is 41.8 Å². The Balaban J connectivity index is 1.74. The summed E-state index contributed by atoms with van der Waals surface area (Å²) in [6.45, 7) is 2.17. The number of aryl methyl sites for hydroxylation is 1. The zero-order chi connectivity index (χ0) is 24.3. The Hall–Kier alpha value is -2.90. The lowest BCUT2D eigenvalue weighted by atomic mass is 10.1. The highest BCUT2D eigenvalue weighted by atomic mass is 35.5. The predicted octanol–water partition coefficient (Wildman–Crippen LogP) is 6.36. The van der Waals surface area contributed by atoms with Crippen molar-refractivity contribution in [2.75, 3.05) is 0 Å². The van der Waals surface area contributed by atoms with Crippen molar-refractivity contribution in [1.82, 2.24) is 4.57 Å². The topological polar surface area (TPSA) is 57.5 Å². The highest BCUT2D eigenvalue weighted by Crippen LogP contribution is 2.25. The minimum atomic E-state index is -2.91. The molecule has 9 heteroatoms. The Labute approximate surface area is 199 Å². The van der Waals surface area contributed by atoms with Gasteiger partial charge in [0.25, 0.3) is 0 Å². The van der Waals surface area contributed by atoms with E-state index in [2.05, 4.69) is 4.74 Å². The third-order valence-corrected chi connectivity index (χ3v) is 5.63. The van der Waals surface area contributed by atoms with Gasteiger partial charge in [-0.25, -0.2) is 0 Å². The molecule has 0 N–H and O–H groups in total. The Morgan fingerprint density at radius 2 is 1.70 bits per heavy atom. The van der Waals surface area contributed by atoms with Crippen LogP contribution < -0.4 is 4.74 Å². The van der Waals surface area contributed by atoms with E-state index in [-0.39, 0.29) is 18.0 Å². The molecular formula is C24H21Cl2F2NO4. The van der Waals surface area contributed by atoms with Gasteiger partial charge < -0.3 is 14.0 Å². The third-order valence-electron chi connectivity index (χ3n) is 5.04. The number of carbonyl (C=O) groups excluding carboxylic acids is 2. The maximum Gasteiger partial charge on any atom is 0.387 e. The summed E-state index contributed by atoms with van der Waals surface area (Å²) in [5.41, 5.74) is 3.00. The number of aromatic nitrogens is 1. The van der Waals surface area contributed by atoms with E-state index in [0.717, 1.165) is 5.69 Å². The van der Waals surface area contributed by atoms with Crippen molar-refractivity contribution in [2.45, 2.75) is 39.9 Å². The van der Waals surface area contributed by atoms with Crippen LogP contribution in [-0.4, -0.2) is 29.0 Å². The summed E-state index contributed by atoms with van der Waals surface area (Å²) < 4.78 is 36.3. The average molecular weight is 496 g/mol. The molecular weight excluding hydrogens is 475 g/mol. The minimum absolute atomic E-state index is 0.0360. The molecule has 33 heavy (non-hydrogen) atoms. The number of hydrogen-bond donors (Lipinski definition) is 0. The second kappa shape index (κ2) is 10.4. The molecule has 1 aromatic heterocycles. The maximum absolute atomic E-state index is 13.0. The minimum Gasteiger partial charge on any atom is -0.454 e. The Morgan fingerprint density at radius 1 is 1.03 bits per heavy atom. The van der Waals surface area contributed by atoms with Gasteiger partial charge in [0, 0.05) is 32.7 Å². The molecule has 0 aliphatic carbocycles. The fourth-order valence-electron chi connectivity index (χ4n) is 3.52. The molecule has 0 aliphatic rings. The highest BCUT2D eigenvalue weighted by Gasteiger charge is 2.24. The summed E-state index contributed by atoms with van der Waals surface area (Å²) in [5.74, 6) is -0.917. The zero-order valence-corrected chi connectivity index (χ0v) is 19.6. The molecule has 0 saturated heterocycles. The molecule has 0 saturated carbocycles. The first-order chi connectivity index (χ1) is 15.6. The van der Waals surface area contributed by atoms with Crippen molar-refractivity contribution in [3.05, 3.63) is 81.1 Å². The molecule has 5 nitrogen and oxygen atoms in total. The van der Waals surface area contributed by atoms with Crippen LogP contribution in [0, 0.1) is 13.8 Å². The van der Waals surface area contributed by atoms with E-state index in [9.17, 15) is 18.4 Å². The van der Waals surface area contributed by atoms with Gasteiger partial charge in [-0.3, -0.25) is 9.59 Å². The molecule has 0 aliphatic heterocycles. The van der Waals surface area contributed by atoms with Gasteiger partial charge in [-0.2, -0.15) is 8.78 Å². The van der Waals surface area contributed by atoms with Gasteiger partial charge >= 0.3 is 12.6 Å². The van der Waals surface area contributed by atoms with E-state index >= 15 is 0 Å². The molecule has 3 aromatic rings. The SMILES string of the molecule is Cc1cc(C(=O)C(C)OC(=O)Cc2ccc(Cl)cc2Cl)c(C)n1-c1ccc(OC(F)F)cc1. The lowest BCUT2D eigenvalue weighted by Gasteiger charge is -2.14. The van der Waals surface area contributed by atoms with Crippen LogP contribution in [0.4, 0.5) is 8.78 Å². The van der Waals surface area contributed by atoms with Crippen LogP contribution in [0.1, 0.15) is 34.2 Å². The number of ether oxygens (including phenoxy) is 2. The fraction of sp³-hybridized carbons (Fsp3) is 0.250. The molecule has 1 atom stereocenters. The number of carbonyl (C=O) groups is 2. The Morgan fingerprint density at radius 3 is 2.30 bits per heavy atom. The van der Waals surface area contributed by atoms with Crippen LogP contribution >= 0.6 is 23.2 Å². The van der Waals surface area contributed by atoms with Crippen molar-refractivity contribution >= 4 is 35.0 Å². The second-order valence-electron chi connectivity index (χ2n) is 7.40. The first-order valence-corrected chi connectivity index (χ1v) is 10.7. The third kappa shape index (κ3) is 5.92. The van der Waals surface area contributed by atoms with Gasteiger partial charge in [0.15, 0.2) is 6.10 Å². The molecule has 3 rings (SSSR count). The zero-order valence-electron chi connectivity index (χ0n) is 18.1. The lowest BCUT2D eigenvalue weighted by molar-refractivity contribution is -0.145. The summed E-state index contributed by atoms with van der Waals surface area (Å²) in [6, 6.07) is 12.6. The van der Waals surface area contributed by atoms with Crippen molar-refractivity contribution in [3.8, 4) is 11.4 Å². The van der Waals surface area contributed by atoms with E-state index in [1.807, 2.05) is 6.92 Å². The second-order valence-corrected chi connectivity index (χ2v) is 8.25. The normalized spacial score (nSPS) is 12.0. The van der Waals surface area contributed by atoms with E-state index in [4.69, 9.17) is 27.9 Å². The number of benzene rings is 2. The molecule has 0 amide bonds. The van der Waals surface area contributed by atoms with Crippen LogP contribution in [0.15, 0.2) is 48.5 Å². The van der Waals surface area contributed by atoms with E-state index in [1.165, 1.54) is 25.1 Å². The number of ketones is 1. The monoisotopic (exact) mass is 495 g/mol. The van der Waals surface area contributed by atoms with E-state index in [0.29, 0.717) is 32.6 Å². The van der Waals surface area contributed by atoms with Gasteiger partial charge in [0.05, 0.1) is 6.42 Å². The number of esters is 1. The Bertz CT molecular complexity index is 1180. The molecule has 1 heterocycles. The van der Waals surface area contributed by atoms with Crippen LogP contribution in [0.25, 0.3) is 5.69 Å². The number of nitrogens with zero attached hydrogens (tertiary/aromatic N) is 1. The van der Waals surface area contributed by atoms with Crippen molar-refractivity contribution in [2.24, 2.45) is 0 Å². The highest BCUT2D eigenvalue weighted by molar-refractivity contribution is 6.35. The van der Waals surface area contributed by atoms with Crippen molar-refractivity contribution < 1.29 is 27.8 Å². The molecule has 174 valence electrons. The lowest BCUT2D eigenvalue weighted by Crippen LogP contribution is -2.25. The largest absolute Gasteiger partial charge is 0.454 e. The molecule has 2 aromatic carbocycles. The van der Waals surface area contributed by atoms with Crippen molar-refractivity contribution in [1.29, 1.82) is 0 Å². The van der Waals surface area contributed by atoms with Gasteiger partial charge in [0.1, 0.15) is 5.75 Å². The molecule has 1 unspecified atom stereocenters. The van der Waals surface area contributed by atoms with Crippen LogP contribution in [0.2, 0.25) is 10.0 Å². The van der Waals surface area contributed by atoms with Gasteiger partial charge in [-0.05, 0) is 68.8 Å². The first-order valence-electron chi connectivity index (χ1n) is 9.98. The number of rotatable bonds is 8. The molecule has 0 bridgehead atoms. The van der Waals surface area contributed by atoms with Crippen LogP contribution in [-0.2, 0) is 16.0 Å². The standard InChI is InChI=1S/C24H21Cl2F2NO4/c1-13-10-20(14(2)29(13)18-6-8-19(9-7-18)33-24(27)28)23(31)15(3)32-22(30)11-16-4-5-17(25)12-21(16)26/h4-10,12,15,24H,11H2,1-3H3. The predicted molar refractivity (Wildman–Crippen MR) is 122 cm³/mol. The van der Waals surface area contributed by atoms with Crippen LogP contribution in [0.5, 0.6) is 5.75 Å². The number of alkyl halides is 2. The van der Waals surface area contributed by atoms with Crippen molar-refractivity contribution in [3.63, 3.8) is 0 Å². The number of halogens is 4. The fourth-order valence-corrected chi connectivity index (χ4v) is 3.99. The first kappa shape index (κ1) is 24.7. The Kier molecular flexibility index (Phi) is 7.76. The van der Waals surface area contributed by atoms with Gasteiger partial charge in [-0.15, -0.1) is 0 Å². The van der Waals surface area contributed by atoms with Gasteiger partial charge in [-0.1, -0.05) is 29.3 Å². The number of Topliss-reactive ketones (excluding diaryl/α,β-unsaturated/α-hetero) is 1.